The fourth-order valence-corrected chi connectivity index (χ4v) is 1.44. The Kier molecular flexibility index (Phi) is 4.09. The summed E-state index contributed by atoms with van der Waals surface area (Å²) in [5, 5.41) is 3.41. The average Bonchev–Trinajstić information content (AvgIpc) is 2.15. The largest absolute Gasteiger partial charge is 0.377 e. The van der Waals surface area contributed by atoms with Crippen LogP contribution in [0.1, 0.15) is 25.1 Å². The Bertz CT molecular complexity index is 319. The maximum Gasteiger partial charge on any atom is 0.0440 e. The minimum Gasteiger partial charge on any atom is -0.377 e. The maximum absolute atomic E-state index is 4.33. The molecule has 0 fully saturated rings. The minimum absolute atomic E-state index is 0.501. The normalized spacial score (nSPS) is 10.8. The van der Waals surface area contributed by atoms with Gasteiger partial charge < -0.3 is 10.2 Å². The molecular weight excluding hydrogens is 186 g/mol. The van der Waals surface area contributed by atoms with Crippen molar-refractivity contribution < 1.29 is 0 Å². The standard InChI is InChI=1S/C12H21N3/c1-9(2)13-7-11-8-14-10(3)6-12(11)15(4)5/h6,8-9,13H,7H2,1-5H3. The second kappa shape index (κ2) is 5.12. The summed E-state index contributed by atoms with van der Waals surface area (Å²) in [5.41, 5.74) is 3.56. The van der Waals surface area contributed by atoms with Gasteiger partial charge in [-0.3, -0.25) is 4.98 Å². The van der Waals surface area contributed by atoms with Gasteiger partial charge in [-0.1, -0.05) is 13.8 Å². The van der Waals surface area contributed by atoms with Crippen molar-refractivity contribution in [1.29, 1.82) is 0 Å². The number of anilines is 1. The molecule has 0 aliphatic rings. The summed E-state index contributed by atoms with van der Waals surface area (Å²) in [6, 6.07) is 2.62. The lowest BCUT2D eigenvalue weighted by Gasteiger charge is -2.18. The molecule has 0 aliphatic heterocycles. The molecule has 1 aromatic rings. The second-order valence-electron chi connectivity index (χ2n) is 4.38. The van der Waals surface area contributed by atoms with E-state index >= 15 is 0 Å². The van der Waals surface area contributed by atoms with Crippen LogP contribution in [-0.4, -0.2) is 25.1 Å². The van der Waals surface area contributed by atoms with Gasteiger partial charge in [0.15, 0.2) is 0 Å². The molecule has 0 spiro atoms. The van der Waals surface area contributed by atoms with Crippen LogP contribution in [0.5, 0.6) is 0 Å². The molecule has 0 saturated heterocycles. The summed E-state index contributed by atoms with van der Waals surface area (Å²) in [7, 11) is 4.13. The molecule has 15 heavy (non-hydrogen) atoms. The van der Waals surface area contributed by atoms with Crippen LogP contribution >= 0.6 is 0 Å². The van der Waals surface area contributed by atoms with Crippen LogP contribution in [0, 0.1) is 6.92 Å². The van der Waals surface area contributed by atoms with E-state index in [0.717, 1.165) is 12.2 Å². The van der Waals surface area contributed by atoms with Gasteiger partial charge in [0.1, 0.15) is 0 Å². The number of hydrogen-bond acceptors (Lipinski definition) is 3. The molecular formula is C12H21N3. The van der Waals surface area contributed by atoms with Crippen molar-refractivity contribution in [2.45, 2.75) is 33.4 Å². The molecule has 0 amide bonds. The SMILES string of the molecule is Cc1cc(N(C)C)c(CNC(C)C)cn1. The number of nitrogens with one attached hydrogen (secondary N) is 1. The molecule has 0 aromatic carbocycles. The zero-order valence-electron chi connectivity index (χ0n) is 10.3. The van der Waals surface area contributed by atoms with Gasteiger partial charge in [-0.05, 0) is 13.0 Å². The fraction of sp³-hybridized carbons (Fsp3) is 0.583. The van der Waals surface area contributed by atoms with Crippen LogP contribution in [0.2, 0.25) is 0 Å². The third-order valence-corrected chi connectivity index (χ3v) is 2.28. The quantitative estimate of drug-likeness (QED) is 0.818. The van der Waals surface area contributed by atoms with Gasteiger partial charge in [0.25, 0.3) is 0 Å². The number of hydrogen-bond donors (Lipinski definition) is 1. The van der Waals surface area contributed by atoms with Gasteiger partial charge in [-0.2, -0.15) is 0 Å². The second-order valence-corrected chi connectivity index (χ2v) is 4.38. The highest BCUT2D eigenvalue weighted by molar-refractivity contribution is 5.52. The van der Waals surface area contributed by atoms with Crippen LogP contribution in [0.3, 0.4) is 0 Å². The van der Waals surface area contributed by atoms with E-state index < -0.39 is 0 Å². The van der Waals surface area contributed by atoms with Crippen LogP contribution in [-0.2, 0) is 6.54 Å². The topological polar surface area (TPSA) is 28.2 Å². The lowest BCUT2D eigenvalue weighted by atomic mass is 10.2. The van der Waals surface area contributed by atoms with Gasteiger partial charge in [0.2, 0.25) is 0 Å². The van der Waals surface area contributed by atoms with E-state index in [1.807, 2.05) is 13.1 Å². The maximum atomic E-state index is 4.33. The van der Waals surface area contributed by atoms with Crippen molar-refractivity contribution in [3.63, 3.8) is 0 Å². The van der Waals surface area contributed by atoms with Gasteiger partial charge >= 0.3 is 0 Å². The van der Waals surface area contributed by atoms with Crippen LogP contribution in [0.25, 0.3) is 0 Å². The predicted octanol–water partition coefficient (Wildman–Crippen LogP) is 1.95. The number of pyridine rings is 1. The summed E-state index contributed by atoms with van der Waals surface area (Å²) < 4.78 is 0. The summed E-state index contributed by atoms with van der Waals surface area (Å²) in [6.45, 7) is 7.19. The van der Waals surface area contributed by atoms with E-state index in [-0.39, 0.29) is 0 Å². The predicted molar refractivity (Wildman–Crippen MR) is 65.3 cm³/mol. The van der Waals surface area contributed by atoms with E-state index in [4.69, 9.17) is 0 Å². The monoisotopic (exact) mass is 207 g/mol. The van der Waals surface area contributed by atoms with Gasteiger partial charge in [0.05, 0.1) is 0 Å². The van der Waals surface area contributed by atoms with Crippen LogP contribution in [0.15, 0.2) is 12.3 Å². The summed E-state index contributed by atoms with van der Waals surface area (Å²) in [4.78, 5) is 6.46. The Morgan fingerprint density at radius 2 is 2.07 bits per heavy atom. The Morgan fingerprint density at radius 3 is 2.60 bits per heavy atom. The number of aryl methyl sites for hydroxylation is 1. The molecule has 3 nitrogen and oxygen atoms in total. The molecule has 0 aliphatic carbocycles. The Labute approximate surface area is 92.5 Å². The first-order chi connectivity index (χ1) is 7.00. The van der Waals surface area contributed by atoms with Crippen molar-refractivity contribution in [3.05, 3.63) is 23.5 Å². The molecule has 0 atom stereocenters. The third kappa shape index (κ3) is 3.51. The molecule has 0 radical (unpaired) electrons. The molecule has 1 heterocycles. The molecule has 0 unspecified atom stereocenters. The lowest BCUT2D eigenvalue weighted by Crippen LogP contribution is -2.23. The Balaban J connectivity index is 2.86. The third-order valence-electron chi connectivity index (χ3n) is 2.28. The van der Waals surface area contributed by atoms with E-state index in [1.165, 1.54) is 11.3 Å². The van der Waals surface area contributed by atoms with Crippen LogP contribution < -0.4 is 10.2 Å². The Hall–Kier alpha value is -1.09. The number of aromatic nitrogens is 1. The molecule has 1 N–H and O–H groups in total. The summed E-state index contributed by atoms with van der Waals surface area (Å²) in [6.07, 6.45) is 1.96. The zero-order chi connectivity index (χ0) is 11.4. The highest BCUT2D eigenvalue weighted by Gasteiger charge is 2.05. The van der Waals surface area contributed by atoms with E-state index in [2.05, 4.69) is 49.2 Å². The highest BCUT2D eigenvalue weighted by Crippen LogP contribution is 2.18. The molecule has 84 valence electrons. The zero-order valence-corrected chi connectivity index (χ0v) is 10.3. The molecule has 3 heteroatoms. The van der Waals surface area contributed by atoms with Gasteiger partial charge in [0, 0.05) is 49.8 Å². The number of nitrogens with zero attached hydrogens (tertiary/aromatic N) is 2. The summed E-state index contributed by atoms with van der Waals surface area (Å²) in [5.74, 6) is 0. The minimum atomic E-state index is 0.501. The van der Waals surface area contributed by atoms with Crippen LogP contribution in [0.4, 0.5) is 5.69 Å². The van der Waals surface area contributed by atoms with E-state index in [0.29, 0.717) is 6.04 Å². The van der Waals surface area contributed by atoms with E-state index in [1.54, 1.807) is 0 Å². The smallest absolute Gasteiger partial charge is 0.0440 e. The summed E-state index contributed by atoms with van der Waals surface area (Å²) >= 11 is 0. The molecule has 0 bridgehead atoms. The molecule has 0 saturated carbocycles. The molecule has 1 aromatic heterocycles. The van der Waals surface area contributed by atoms with Crippen molar-refractivity contribution in [2.24, 2.45) is 0 Å². The fourth-order valence-electron chi connectivity index (χ4n) is 1.44. The van der Waals surface area contributed by atoms with Gasteiger partial charge in [-0.15, -0.1) is 0 Å². The first-order valence-electron chi connectivity index (χ1n) is 5.37. The Morgan fingerprint density at radius 1 is 1.40 bits per heavy atom. The first kappa shape index (κ1) is 12.0. The van der Waals surface area contributed by atoms with Gasteiger partial charge in [-0.25, -0.2) is 0 Å². The average molecular weight is 207 g/mol. The van der Waals surface area contributed by atoms with Crippen molar-refractivity contribution in [1.82, 2.24) is 10.3 Å². The lowest BCUT2D eigenvalue weighted by molar-refractivity contribution is 0.587. The molecule has 1 rings (SSSR count). The van der Waals surface area contributed by atoms with Crippen molar-refractivity contribution in [3.8, 4) is 0 Å². The van der Waals surface area contributed by atoms with E-state index in [9.17, 15) is 0 Å². The van der Waals surface area contributed by atoms with Crippen molar-refractivity contribution >= 4 is 5.69 Å². The van der Waals surface area contributed by atoms with Crippen molar-refractivity contribution in [2.75, 3.05) is 19.0 Å². The number of rotatable bonds is 4. The first-order valence-corrected chi connectivity index (χ1v) is 5.37. The highest BCUT2D eigenvalue weighted by atomic mass is 15.1.